The van der Waals surface area contributed by atoms with E-state index in [2.05, 4.69) is 9.97 Å². The largest absolute Gasteiger partial charge is 0.444 e. The van der Waals surface area contributed by atoms with Gasteiger partial charge < -0.3 is 14.4 Å². The maximum Gasteiger partial charge on any atom is 0.420 e. The molecule has 30 heavy (non-hydrogen) atoms. The van der Waals surface area contributed by atoms with Crippen LogP contribution in [0.3, 0.4) is 0 Å². The number of hydrogen-bond acceptors (Lipinski definition) is 5. The zero-order valence-electron chi connectivity index (χ0n) is 16.3. The number of fused-ring (bicyclic) bond motifs is 1. The van der Waals surface area contributed by atoms with Gasteiger partial charge in [0.15, 0.2) is 0 Å². The molecule has 2 heterocycles. The molecule has 0 saturated carbocycles. The highest BCUT2D eigenvalue weighted by molar-refractivity contribution is 6.28. The van der Waals surface area contributed by atoms with E-state index in [1.165, 1.54) is 4.90 Å². The Kier molecular flexibility index (Phi) is 5.81. The van der Waals surface area contributed by atoms with Gasteiger partial charge in [0.25, 0.3) is 0 Å². The number of carbonyl (C=O) groups excluding carboxylic acids is 1. The first-order valence-electron chi connectivity index (χ1n) is 8.91. The van der Waals surface area contributed by atoms with E-state index in [9.17, 15) is 22.4 Å². The van der Waals surface area contributed by atoms with Crippen molar-refractivity contribution in [3.63, 3.8) is 0 Å². The van der Waals surface area contributed by atoms with Gasteiger partial charge in [-0.1, -0.05) is 0 Å². The number of halogens is 5. The summed E-state index contributed by atoms with van der Waals surface area (Å²) in [5, 5.41) is -0.259. The van der Waals surface area contributed by atoms with Crippen molar-refractivity contribution < 1.29 is 31.8 Å². The number of hydrogen-bond donors (Lipinski definition) is 0. The number of carbonyl (C=O) groups is 1. The molecule has 0 saturated heterocycles. The lowest BCUT2D eigenvalue weighted by atomic mass is 10.1. The van der Waals surface area contributed by atoms with Gasteiger partial charge in [-0.05, 0) is 57.0 Å². The summed E-state index contributed by atoms with van der Waals surface area (Å²) in [7, 11) is 0. The van der Waals surface area contributed by atoms with Gasteiger partial charge in [-0.25, -0.2) is 14.2 Å². The van der Waals surface area contributed by atoms with E-state index in [1.807, 2.05) is 0 Å². The summed E-state index contributed by atoms with van der Waals surface area (Å²) in [6.07, 6.45) is -5.17. The second-order valence-electron chi connectivity index (χ2n) is 7.62. The Morgan fingerprint density at radius 2 is 1.90 bits per heavy atom. The number of alkyl halides is 3. The third-order valence-electron chi connectivity index (χ3n) is 4.11. The molecule has 0 fully saturated rings. The third-order valence-corrected chi connectivity index (χ3v) is 4.27. The normalized spacial score (nSPS) is 14.3. The molecule has 11 heteroatoms. The summed E-state index contributed by atoms with van der Waals surface area (Å²) >= 11 is 5.92. The average Bonchev–Trinajstić information content (AvgIpc) is 2.60. The van der Waals surface area contributed by atoms with Crippen molar-refractivity contribution in [2.75, 3.05) is 6.54 Å². The molecule has 1 aliphatic heterocycles. The van der Waals surface area contributed by atoms with Crippen LogP contribution in [0.1, 0.15) is 37.6 Å². The molecule has 0 spiro atoms. The zero-order chi connectivity index (χ0) is 22.3. The molecule has 6 nitrogen and oxygen atoms in total. The van der Waals surface area contributed by atoms with Crippen molar-refractivity contribution in [2.24, 2.45) is 0 Å². The van der Waals surface area contributed by atoms with Crippen LogP contribution in [0.4, 0.5) is 22.4 Å². The lowest BCUT2D eigenvalue weighted by Gasteiger charge is -2.31. The first-order valence-corrected chi connectivity index (χ1v) is 9.29. The van der Waals surface area contributed by atoms with Crippen LogP contribution in [0.2, 0.25) is 5.28 Å². The molecule has 0 unspecified atom stereocenters. The van der Waals surface area contributed by atoms with Crippen LogP contribution in [0.25, 0.3) is 0 Å². The summed E-state index contributed by atoms with van der Waals surface area (Å²) in [5.41, 5.74) is -1.22. The predicted octanol–water partition coefficient (Wildman–Crippen LogP) is 5.37. The van der Waals surface area contributed by atoms with Crippen molar-refractivity contribution in [2.45, 2.75) is 45.5 Å². The second-order valence-corrected chi connectivity index (χ2v) is 7.95. The Hall–Kier alpha value is -2.62. The van der Waals surface area contributed by atoms with Gasteiger partial charge in [-0.3, -0.25) is 0 Å². The van der Waals surface area contributed by atoms with Gasteiger partial charge in [-0.2, -0.15) is 18.2 Å². The van der Waals surface area contributed by atoms with E-state index in [0.29, 0.717) is 17.3 Å². The van der Waals surface area contributed by atoms with Crippen LogP contribution < -0.4 is 4.74 Å². The Bertz CT molecular complexity index is 977. The molecule has 3 rings (SSSR count). The van der Waals surface area contributed by atoms with Crippen LogP contribution in [-0.4, -0.2) is 33.1 Å². The highest BCUT2D eigenvalue weighted by Crippen LogP contribution is 2.39. The molecule has 1 aromatic heterocycles. The monoisotopic (exact) mass is 447 g/mol. The number of amides is 1. The highest BCUT2D eigenvalue weighted by atomic mass is 35.5. The quantitative estimate of drug-likeness (QED) is 0.457. The third kappa shape index (κ3) is 5.10. The van der Waals surface area contributed by atoms with Crippen molar-refractivity contribution in [1.29, 1.82) is 0 Å². The average molecular weight is 448 g/mol. The van der Waals surface area contributed by atoms with Gasteiger partial charge in [0, 0.05) is 12.1 Å². The van der Waals surface area contributed by atoms with Crippen molar-refractivity contribution in [1.82, 2.24) is 14.9 Å². The molecular weight excluding hydrogens is 430 g/mol. The van der Waals surface area contributed by atoms with Crippen molar-refractivity contribution in [3.05, 3.63) is 46.1 Å². The molecule has 1 aromatic carbocycles. The second kappa shape index (κ2) is 7.90. The van der Waals surface area contributed by atoms with Gasteiger partial charge in [0.1, 0.15) is 22.7 Å². The lowest BCUT2D eigenvalue weighted by molar-refractivity contribution is -0.138. The van der Waals surface area contributed by atoms with Crippen LogP contribution in [-0.2, 0) is 23.9 Å². The van der Waals surface area contributed by atoms with Crippen molar-refractivity contribution in [3.8, 4) is 11.6 Å². The molecule has 162 valence electrons. The standard InChI is InChI=1S/C19H18ClF4N3O3/c1-18(2,3)30-17(28)27-7-6-11-13(9-27)25-16(20)26-15(11)29-14-5-4-10(21)8-12(14)19(22,23)24/h4-5,8H,6-7,9H2,1-3H3. The van der Waals surface area contributed by atoms with Gasteiger partial charge in [0.05, 0.1) is 12.2 Å². The summed E-state index contributed by atoms with van der Waals surface area (Å²) < 4.78 is 63.8. The van der Waals surface area contributed by atoms with Crippen LogP contribution in [0.15, 0.2) is 18.2 Å². The Morgan fingerprint density at radius 1 is 1.20 bits per heavy atom. The van der Waals surface area contributed by atoms with E-state index < -0.39 is 35.0 Å². The predicted molar refractivity (Wildman–Crippen MR) is 98.9 cm³/mol. The fourth-order valence-corrected chi connectivity index (χ4v) is 3.03. The first-order chi connectivity index (χ1) is 13.8. The van der Waals surface area contributed by atoms with E-state index in [1.54, 1.807) is 20.8 Å². The Labute approximate surface area is 174 Å². The Balaban J connectivity index is 1.91. The number of aromatic nitrogens is 2. The minimum Gasteiger partial charge on any atom is -0.444 e. The summed E-state index contributed by atoms with van der Waals surface area (Å²) in [5.74, 6) is -1.84. The highest BCUT2D eigenvalue weighted by Gasteiger charge is 2.36. The molecule has 0 radical (unpaired) electrons. The minimum absolute atomic E-state index is 0.0262. The number of benzene rings is 1. The topological polar surface area (TPSA) is 64.5 Å². The van der Waals surface area contributed by atoms with E-state index >= 15 is 0 Å². The van der Waals surface area contributed by atoms with Crippen LogP contribution >= 0.6 is 11.6 Å². The minimum atomic E-state index is -4.83. The lowest BCUT2D eigenvalue weighted by Crippen LogP contribution is -2.40. The van der Waals surface area contributed by atoms with E-state index in [0.717, 1.165) is 12.1 Å². The molecule has 1 amide bonds. The molecule has 0 atom stereocenters. The molecule has 0 N–H and O–H groups in total. The molecular formula is C19H18ClF4N3O3. The van der Waals surface area contributed by atoms with Gasteiger partial charge in [-0.15, -0.1) is 0 Å². The van der Waals surface area contributed by atoms with Gasteiger partial charge >= 0.3 is 12.3 Å². The molecule has 0 aliphatic carbocycles. The maximum atomic E-state index is 13.3. The number of rotatable bonds is 2. The number of ether oxygens (including phenoxy) is 2. The van der Waals surface area contributed by atoms with Crippen LogP contribution in [0, 0.1) is 5.82 Å². The molecule has 0 bridgehead atoms. The zero-order valence-corrected chi connectivity index (χ0v) is 17.1. The molecule has 1 aliphatic rings. The fourth-order valence-electron chi connectivity index (χ4n) is 2.85. The molecule has 2 aromatic rings. The summed E-state index contributed by atoms with van der Waals surface area (Å²) in [6, 6.07) is 2.06. The summed E-state index contributed by atoms with van der Waals surface area (Å²) in [6.45, 7) is 5.44. The van der Waals surface area contributed by atoms with Crippen LogP contribution in [0.5, 0.6) is 11.6 Å². The SMILES string of the molecule is CC(C)(C)OC(=O)N1CCc2c(nc(Cl)nc2Oc2ccc(F)cc2C(F)(F)F)C1. The van der Waals surface area contributed by atoms with Crippen molar-refractivity contribution >= 4 is 17.7 Å². The first kappa shape index (κ1) is 22.1. The maximum absolute atomic E-state index is 13.3. The Morgan fingerprint density at radius 3 is 2.53 bits per heavy atom. The van der Waals surface area contributed by atoms with E-state index in [4.69, 9.17) is 21.1 Å². The smallest absolute Gasteiger partial charge is 0.420 e. The van der Waals surface area contributed by atoms with E-state index in [-0.39, 0.29) is 30.7 Å². The number of nitrogens with zero attached hydrogens (tertiary/aromatic N) is 3. The fraction of sp³-hybridized carbons (Fsp3) is 0.421. The summed E-state index contributed by atoms with van der Waals surface area (Å²) in [4.78, 5) is 21.7. The van der Waals surface area contributed by atoms with Gasteiger partial charge in [0.2, 0.25) is 11.2 Å².